The van der Waals surface area contributed by atoms with E-state index in [0.717, 1.165) is 0 Å². The summed E-state index contributed by atoms with van der Waals surface area (Å²) in [5, 5.41) is 11.0. The first-order chi connectivity index (χ1) is 9.20. The lowest BCUT2D eigenvalue weighted by Gasteiger charge is -2.08. The molecule has 0 spiro atoms. The van der Waals surface area contributed by atoms with Crippen LogP contribution >= 0.6 is 0 Å². The number of nitrogens with one attached hydrogen (secondary N) is 1. The maximum Gasteiger partial charge on any atom is 0.303 e. The van der Waals surface area contributed by atoms with Gasteiger partial charge < -0.3 is 10.4 Å². The molecule has 3 N–H and O–H groups in total. The van der Waals surface area contributed by atoms with E-state index in [1.807, 2.05) is 0 Å². The van der Waals surface area contributed by atoms with Gasteiger partial charge in [0.15, 0.2) is 0 Å². The Bertz CT molecular complexity index is 623. The minimum atomic E-state index is -4.28. The van der Waals surface area contributed by atoms with Gasteiger partial charge in [-0.25, -0.2) is 0 Å². The molecule has 0 aliphatic rings. The van der Waals surface area contributed by atoms with Gasteiger partial charge in [-0.2, -0.15) is 8.42 Å². The molecule has 0 heterocycles. The number of carboxylic acid groups (broad SMARTS) is 1. The highest BCUT2D eigenvalue weighted by Gasteiger charge is 2.13. The second-order valence-corrected chi connectivity index (χ2v) is 5.64. The van der Waals surface area contributed by atoms with Gasteiger partial charge in [-0.15, -0.1) is 0 Å². The van der Waals surface area contributed by atoms with Crippen LogP contribution in [0.1, 0.15) is 24.8 Å². The SMILES string of the molecule is Cc1cc(NC(=O)CCCC(=O)O)ccc1S(=O)(=O)O. The molecule has 8 heteroatoms. The number of amides is 1. The number of rotatable bonds is 6. The zero-order valence-electron chi connectivity index (χ0n) is 10.8. The summed E-state index contributed by atoms with van der Waals surface area (Å²) in [5.41, 5.74) is 0.686. The average Bonchev–Trinajstić information content (AvgIpc) is 2.26. The molecule has 0 unspecified atom stereocenters. The monoisotopic (exact) mass is 301 g/mol. The molecule has 0 radical (unpaired) electrons. The molecule has 110 valence electrons. The number of anilines is 1. The van der Waals surface area contributed by atoms with Crippen LogP contribution in [-0.2, 0) is 19.7 Å². The van der Waals surface area contributed by atoms with Crippen molar-refractivity contribution in [3.8, 4) is 0 Å². The quantitative estimate of drug-likeness (QED) is 0.683. The Morgan fingerprint density at radius 2 is 1.90 bits per heavy atom. The van der Waals surface area contributed by atoms with Crippen LogP contribution in [0.3, 0.4) is 0 Å². The molecule has 1 aromatic rings. The largest absolute Gasteiger partial charge is 0.481 e. The standard InChI is InChI=1S/C12H15NO6S/c1-8-7-9(5-6-10(8)20(17,18)19)13-11(14)3-2-4-12(15)16/h5-7H,2-4H2,1H3,(H,13,14)(H,15,16)(H,17,18,19). The van der Waals surface area contributed by atoms with Crippen molar-refractivity contribution in [2.24, 2.45) is 0 Å². The van der Waals surface area contributed by atoms with Gasteiger partial charge in [-0.05, 0) is 37.1 Å². The lowest BCUT2D eigenvalue weighted by Crippen LogP contribution is -2.12. The minimum Gasteiger partial charge on any atom is -0.481 e. The van der Waals surface area contributed by atoms with Crippen LogP contribution in [0.2, 0.25) is 0 Å². The van der Waals surface area contributed by atoms with Crippen molar-refractivity contribution in [3.05, 3.63) is 23.8 Å². The van der Waals surface area contributed by atoms with E-state index in [9.17, 15) is 18.0 Å². The predicted molar refractivity (Wildman–Crippen MR) is 71.1 cm³/mol. The number of carbonyl (C=O) groups is 2. The predicted octanol–water partition coefficient (Wildman–Crippen LogP) is 1.44. The van der Waals surface area contributed by atoms with Gasteiger partial charge in [-0.3, -0.25) is 14.1 Å². The number of benzene rings is 1. The molecule has 1 rings (SSSR count). The molecule has 1 amide bonds. The van der Waals surface area contributed by atoms with Crippen LogP contribution < -0.4 is 5.32 Å². The number of hydrogen-bond donors (Lipinski definition) is 3. The van der Waals surface area contributed by atoms with Crippen molar-refractivity contribution in [2.75, 3.05) is 5.32 Å². The minimum absolute atomic E-state index is 0.0609. The van der Waals surface area contributed by atoms with Crippen LogP contribution in [0.25, 0.3) is 0 Å². The van der Waals surface area contributed by atoms with Gasteiger partial charge in [0, 0.05) is 18.5 Å². The molecule has 0 saturated heterocycles. The highest BCUT2D eigenvalue weighted by Crippen LogP contribution is 2.19. The van der Waals surface area contributed by atoms with E-state index in [0.29, 0.717) is 11.3 Å². The Labute approximate surface area is 116 Å². The first-order valence-corrected chi connectivity index (χ1v) is 7.24. The topological polar surface area (TPSA) is 121 Å². The van der Waals surface area contributed by atoms with Gasteiger partial charge in [-0.1, -0.05) is 0 Å². The molecule has 1 aromatic carbocycles. The van der Waals surface area contributed by atoms with Crippen LogP contribution in [-0.4, -0.2) is 30.0 Å². The number of carboxylic acids is 1. The summed E-state index contributed by atoms with van der Waals surface area (Å²) in [6.45, 7) is 1.49. The van der Waals surface area contributed by atoms with Gasteiger partial charge >= 0.3 is 5.97 Å². The number of aliphatic carboxylic acids is 1. The molecule has 0 atom stereocenters. The van der Waals surface area contributed by atoms with Crippen molar-refractivity contribution >= 4 is 27.7 Å². The third-order valence-electron chi connectivity index (χ3n) is 2.53. The zero-order valence-corrected chi connectivity index (χ0v) is 11.6. The molecular weight excluding hydrogens is 286 g/mol. The molecule has 0 saturated carbocycles. The molecule has 20 heavy (non-hydrogen) atoms. The molecule has 0 aliphatic heterocycles. The Balaban J connectivity index is 2.68. The summed E-state index contributed by atoms with van der Waals surface area (Å²) in [5.74, 6) is -1.32. The van der Waals surface area contributed by atoms with Crippen molar-refractivity contribution in [2.45, 2.75) is 31.1 Å². The lowest BCUT2D eigenvalue weighted by atomic mass is 10.2. The number of carbonyl (C=O) groups excluding carboxylic acids is 1. The third kappa shape index (κ3) is 4.98. The molecule has 7 nitrogen and oxygen atoms in total. The molecule has 0 fully saturated rings. The van der Waals surface area contributed by atoms with E-state index in [-0.39, 0.29) is 30.1 Å². The van der Waals surface area contributed by atoms with E-state index in [4.69, 9.17) is 9.66 Å². The smallest absolute Gasteiger partial charge is 0.303 e. The zero-order chi connectivity index (χ0) is 15.3. The second-order valence-electron chi connectivity index (χ2n) is 4.25. The fraction of sp³-hybridized carbons (Fsp3) is 0.333. The third-order valence-corrected chi connectivity index (χ3v) is 3.54. The summed E-state index contributed by atoms with van der Waals surface area (Å²) in [6.07, 6.45) is 0.197. The maximum absolute atomic E-state index is 11.5. The fourth-order valence-corrected chi connectivity index (χ4v) is 2.35. The summed E-state index contributed by atoms with van der Waals surface area (Å²) >= 11 is 0. The average molecular weight is 301 g/mol. The molecular formula is C12H15NO6S. The van der Waals surface area contributed by atoms with Crippen molar-refractivity contribution in [3.63, 3.8) is 0 Å². The van der Waals surface area contributed by atoms with Crippen molar-refractivity contribution in [1.82, 2.24) is 0 Å². The molecule has 0 aromatic heterocycles. The van der Waals surface area contributed by atoms with E-state index >= 15 is 0 Å². The van der Waals surface area contributed by atoms with Gasteiger partial charge in [0.25, 0.3) is 10.1 Å². The maximum atomic E-state index is 11.5. The Morgan fingerprint density at radius 3 is 2.40 bits per heavy atom. The molecule has 0 bridgehead atoms. The van der Waals surface area contributed by atoms with Crippen LogP contribution in [0, 0.1) is 6.92 Å². The van der Waals surface area contributed by atoms with Gasteiger partial charge in [0.2, 0.25) is 5.91 Å². The fourth-order valence-electron chi connectivity index (χ4n) is 1.64. The summed E-state index contributed by atoms with van der Waals surface area (Å²) in [4.78, 5) is 21.6. The van der Waals surface area contributed by atoms with E-state index in [1.54, 1.807) is 0 Å². The van der Waals surface area contributed by atoms with Crippen LogP contribution in [0.15, 0.2) is 23.1 Å². The number of hydrogen-bond acceptors (Lipinski definition) is 4. The second kappa shape index (κ2) is 6.49. The van der Waals surface area contributed by atoms with E-state index in [1.165, 1.54) is 25.1 Å². The first-order valence-electron chi connectivity index (χ1n) is 5.80. The van der Waals surface area contributed by atoms with E-state index in [2.05, 4.69) is 5.32 Å². The summed E-state index contributed by atoms with van der Waals surface area (Å²) in [6, 6.07) is 3.96. The lowest BCUT2D eigenvalue weighted by molar-refractivity contribution is -0.137. The Hall–Kier alpha value is -1.93. The highest BCUT2D eigenvalue weighted by molar-refractivity contribution is 7.85. The first kappa shape index (κ1) is 16.1. The normalized spacial score (nSPS) is 11.1. The summed E-state index contributed by atoms with van der Waals surface area (Å²) in [7, 11) is -4.28. The molecule has 0 aliphatic carbocycles. The number of aryl methyl sites for hydroxylation is 1. The van der Waals surface area contributed by atoms with Crippen molar-refractivity contribution in [1.29, 1.82) is 0 Å². The highest BCUT2D eigenvalue weighted by atomic mass is 32.2. The van der Waals surface area contributed by atoms with Gasteiger partial charge in [0.1, 0.15) is 0 Å². The van der Waals surface area contributed by atoms with E-state index < -0.39 is 16.1 Å². The van der Waals surface area contributed by atoms with Crippen LogP contribution in [0.5, 0.6) is 0 Å². The van der Waals surface area contributed by atoms with Crippen LogP contribution in [0.4, 0.5) is 5.69 Å². The summed E-state index contributed by atoms with van der Waals surface area (Å²) < 4.78 is 31.0. The van der Waals surface area contributed by atoms with Gasteiger partial charge in [0.05, 0.1) is 4.90 Å². The Kier molecular flexibility index (Phi) is 5.23. The van der Waals surface area contributed by atoms with Crippen molar-refractivity contribution < 1.29 is 27.7 Å². The Morgan fingerprint density at radius 1 is 1.25 bits per heavy atom.